The first-order valence-electron chi connectivity index (χ1n) is 9.10. The summed E-state index contributed by atoms with van der Waals surface area (Å²) in [6.45, 7) is 2.12. The number of halogens is 1. The Hall–Kier alpha value is -2.19. The van der Waals surface area contributed by atoms with Crippen LogP contribution in [-0.2, 0) is 10.0 Å². The van der Waals surface area contributed by atoms with Crippen LogP contribution in [0.1, 0.15) is 43.0 Å². The van der Waals surface area contributed by atoms with Gasteiger partial charge in [-0.1, -0.05) is 29.3 Å². The van der Waals surface area contributed by atoms with E-state index in [1.165, 1.54) is 18.6 Å². The van der Waals surface area contributed by atoms with Crippen LogP contribution < -0.4 is 10.1 Å². The number of hydrazone groups is 1. The molecule has 0 spiro atoms. The van der Waals surface area contributed by atoms with Gasteiger partial charge in [0.2, 0.25) is 0 Å². The van der Waals surface area contributed by atoms with Crippen LogP contribution in [0.15, 0.2) is 63.0 Å². The van der Waals surface area contributed by atoms with Gasteiger partial charge in [-0.05, 0) is 73.7 Å². The third-order valence-corrected chi connectivity index (χ3v) is 6.64. The number of sulfonamides is 1. The summed E-state index contributed by atoms with van der Waals surface area (Å²) in [6, 6.07) is 12.6. The van der Waals surface area contributed by atoms with Crippen molar-refractivity contribution in [1.29, 1.82) is 0 Å². The predicted octanol–water partition coefficient (Wildman–Crippen LogP) is 4.55. The van der Waals surface area contributed by atoms with Crippen LogP contribution in [0.25, 0.3) is 0 Å². The van der Waals surface area contributed by atoms with Crippen LogP contribution in [0.3, 0.4) is 0 Å². The molecule has 1 unspecified atom stereocenters. The molecule has 6 nitrogen and oxygen atoms in total. The maximum atomic E-state index is 12.4. The fourth-order valence-corrected chi connectivity index (χ4v) is 4.36. The fourth-order valence-electron chi connectivity index (χ4n) is 3.04. The molecule has 148 valence electrons. The number of benzene rings is 2. The van der Waals surface area contributed by atoms with E-state index in [1.54, 1.807) is 36.4 Å². The maximum Gasteiger partial charge on any atom is 0.271 e. The van der Waals surface area contributed by atoms with Crippen LogP contribution >= 0.6 is 15.9 Å². The Labute approximate surface area is 173 Å². The van der Waals surface area contributed by atoms with Gasteiger partial charge < -0.3 is 0 Å². The fraction of sp³-hybridized carbons (Fsp3) is 0.300. The first kappa shape index (κ1) is 20.5. The van der Waals surface area contributed by atoms with Gasteiger partial charge in [-0.3, -0.25) is 9.52 Å². The van der Waals surface area contributed by atoms with Crippen LogP contribution in [0.5, 0.6) is 0 Å². The molecule has 3 rings (SSSR count). The van der Waals surface area contributed by atoms with E-state index in [1.807, 2.05) is 0 Å². The zero-order valence-corrected chi connectivity index (χ0v) is 17.9. The molecule has 1 aliphatic rings. The molecule has 1 saturated carbocycles. The quantitative estimate of drug-likeness (QED) is 0.637. The molecule has 0 radical (unpaired) electrons. The minimum absolute atomic E-state index is 0.162. The number of hydrogen-bond donors (Lipinski definition) is 2. The summed E-state index contributed by atoms with van der Waals surface area (Å²) in [4.78, 5) is 12.4. The molecule has 1 amide bonds. The van der Waals surface area contributed by atoms with Gasteiger partial charge in [-0.2, -0.15) is 5.10 Å². The van der Waals surface area contributed by atoms with Gasteiger partial charge in [0.15, 0.2) is 0 Å². The number of anilines is 1. The Balaban J connectivity index is 1.65. The summed E-state index contributed by atoms with van der Waals surface area (Å²) < 4.78 is 28.1. The molecule has 2 aromatic carbocycles. The molecule has 1 aliphatic carbocycles. The molecule has 1 atom stereocenters. The van der Waals surface area contributed by atoms with Gasteiger partial charge in [0.25, 0.3) is 15.9 Å². The highest BCUT2D eigenvalue weighted by Crippen LogP contribution is 2.21. The number of hydrogen-bond acceptors (Lipinski definition) is 4. The first-order valence-corrected chi connectivity index (χ1v) is 11.4. The molecule has 2 N–H and O–H groups in total. The van der Waals surface area contributed by atoms with E-state index in [0.29, 0.717) is 17.2 Å². The number of carbonyl (C=O) groups excluding carboxylic acids is 1. The zero-order chi connectivity index (χ0) is 20.1. The van der Waals surface area contributed by atoms with Crippen LogP contribution in [0, 0.1) is 5.92 Å². The summed E-state index contributed by atoms with van der Waals surface area (Å²) in [5.41, 5.74) is 4.43. The van der Waals surface area contributed by atoms with Gasteiger partial charge in [-0.25, -0.2) is 13.8 Å². The highest BCUT2D eigenvalue weighted by molar-refractivity contribution is 9.10. The number of carbonyl (C=O) groups is 1. The van der Waals surface area contributed by atoms with E-state index >= 15 is 0 Å². The second-order valence-electron chi connectivity index (χ2n) is 6.83. The summed E-state index contributed by atoms with van der Waals surface area (Å²) in [5, 5.41) is 4.27. The van der Waals surface area contributed by atoms with E-state index in [2.05, 4.69) is 38.1 Å². The third-order valence-electron chi connectivity index (χ3n) is 4.71. The van der Waals surface area contributed by atoms with E-state index < -0.39 is 10.0 Å². The summed E-state index contributed by atoms with van der Waals surface area (Å²) in [5.74, 6) is 0.0806. The van der Waals surface area contributed by atoms with Crippen molar-refractivity contribution in [2.24, 2.45) is 11.0 Å². The second kappa shape index (κ2) is 8.87. The van der Waals surface area contributed by atoms with Gasteiger partial charge >= 0.3 is 0 Å². The van der Waals surface area contributed by atoms with Crippen molar-refractivity contribution in [3.63, 3.8) is 0 Å². The van der Waals surface area contributed by atoms with Crippen LogP contribution in [0.4, 0.5) is 5.69 Å². The summed E-state index contributed by atoms with van der Waals surface area (Å²) in [7, 11) is -3.69. The van der Waals surface area contributed by atoms with Crippen molar-refractivity contribution in [3.05, 3.63) is 58.6 Å². The van der Waals surface area contributed by atoms with Crippen LogP contribution in [0.2, 0.25) is 0 Å². The predicted molar refractivity (Wildman–Crippen MR) is 114 cm³/mol. The molecule has 0 aliphatic heterocycles. The summed E-state index contributed by atoms with van der Waals surface area (Å²) >= 11 is 3.28. The van der Waals surface area contributed by atoms with E-state index in [9.17, 15) is 13.2 Å². The number of amides is 1. The van der Waals surface area contributed by atoms with Crippen molar-refractivity contribution >= 4 is 43.3 Å². The number of rotatable bonds is 5. The van der Waals surface area contributed by atoms with Gasteiger partial charge in [0.1, 0.15) is 0 Å². The minimum Gasteiger partial charge on any atom is -0.280 e. The lowest BCUT2D eigenvalue weighted by Crippen LogP contribution is -2.24. The molecule has 8 heteroatoms. The average molecular weight is 464 g/mol. The van der Waals surface area contributed by atoms with Crippen molar-refractivity contribution < 1.29 is 13.2 Å². The molecular weight excluding hydrogens is 442 g/mol. The number of nitrogens with one attached hydrogen (secondary N) is 2. The Morgan fingerprint density at radius 3 is 2.39 bits per heavy atom. The monoisotopic (exact) mass is 463 g/mol. The molecule has 0 bridgehead atoms. The van der Waals surface area contributed by atoms with E-state index in [-0.39, 0.29) is 10.8 Å². The zero-order valence-electron chi connectivity index (χ0n) is 15.5. The lowest BCUT2D eigenvalue weighted by atomic mass is 9.89. The molecule has 0 saturated heterocycles. The Morgan fingerprint density at radius 2 is 1.75 bits per heavy atom. The van der Waals surface area contributed by atoms with Crippen LogP contribution in [-0.4, -0.2) is 20.0 Å². The topological polar surface area (TPSA) is 87.6 Å². The van der Waals surface area contributed by atoms with Crippen molar-refractivity contribution in [2.75, 3.05) is 4.72 Å². The SMILES string of the molecule is CC1CCCCC1=NNC(=O)c1ccc(NS(=O)(=O)c2ccc(Br)cc2)cc1. The van der Waals surface area contributed by atoms with Crippen molar-refractivity contribution in [1.82, 2.24) is 5.43 Å². The lowest BCUT2D eigenvalue weighted by molar-refractivity contribution is 0.0954. The third kappa shape index (κ3) is 5.20. The largest absolute Gasteiger partial charge is 0.280 e. The normalized spacial score (nSPS) is 18.6. The Morgan fingerprint density at radius 1 is 1.07 bits per heavy atom. The van der Waals surface area contributed by atoms with Gasteiger partial charge in [-0.15, -0.1) is 0 Å². The molecule has 28 heavy (non-hydrogen) atoms. The number of nitrogens with zero attached hydrogens (tertiary/aromatic N) is 1. The first-order chi connectivity index (χ1) is 13.3. The maximum absolute atomic E-state index is 12.4. The molecule has 0 heterocycles. The molecule has 0 aromatic heterocycles. The van der Waals surface area contributed by atoms with Crippen molar-refractivity contribution in [3.8, 4) is 0 Å². The average Bonchev–Trinajstić information content (AvgIpc) is 2.68. The van der Waals surface area contributed by atoms with Gasteiger partial charge in [0.05, 0.1) is 4.90 Å². The standard InChI is InChI=1S/C20H22BrN3O3S/c1-14-4-2-3-5-19(14)22-23-20(25)15-6-10-17(11-7-15)24-28(26,27)18-12-8-16(21)9-13-18/h6-14,24H,2-5H2,1H3,(H,23,25). The summed E-state index contributed by atoms with van der Waals surface area (Å²) in [6.07, 6.45) is 4.32. The van der Waals surface area contributed by atoms with Crippen molar-refractivity contribution in [2.45, 2.75) is 37.5 Å². The Bertz CT molecular complexity index is 971. The highest BCUT2D eigenvalue weighted by Gasteiger charge is 2.17. The molecule has 2 aromatic rings. The Kier molecular flexibility index (Phi) is 6.51. The second-order valence-corrected chi connectivity index (χ2v) is 9.43. The molecular formula is C20H22BrN3O3S. The van der Waals surface area contributed by atoms with E-state index in [4.69, 9.17) is 0 Å². The van der Waals surface area contributed by atoms with Gasteiger partial charge in [0, 0.05) is 21.4 Å². The minimum atomic E-state index is -3.69. The lowest BCUT2D eigenvalue weighted by Gasteiger charge is -2.19. The van der Waals surface area contributed by atoms with E-state index in [0.717, 1.165) is 29.4 Å². The molecule has 1 fully saturated rings. The smallest absolute Gasteiger partial charge is 0.271 e. The highest BCUT2D eigenvalue weighted by atomic mass is 79.9.